The lowest BCUT2D eigenvalue weighted by Gasteiger charge is -2.17. The molecule has 0 saturated heterocycles. The first-order valence-corrected chi connectivity index (χ1v) is 9.25. The normalized spacial score (nSPS) is 12.5. The van der Waals surface area contributed by atoms with E-state index < -0.39 is 0 Å². The molecular weight excluding hydrogens is 352 g/mol. The Hall–Kier alpha value is -2.09. The fraction of sp³-hybridized carbons (Fsp3) is 0.222. The summed E-state index contributed by atoms with van der Waals surface area (Å²) >= 11 is 5.31. The van der Waals surface area contributed by atoms with E-state index in [2.05, 4.69) is 48.0 Å². The van der Waals surface area contributed by atoms with Gasteiger partial charge in [-0.15, -0.1) is 11.3 Å². The lowest BCUT2D eigenvalue weighted by molar-refractivity contribution is 0.303. The fourth-order valence-electron chi connectivity index (χ4n) is 2.78. The van der Waals surface area contributed by atoms with Crippen LogP contribution in [0.3, 0.4) is 0 Å². The Bertz CT molecular complexity index is 923. The van der Waals surface area contributed by atoms with Crippen LogP contribution in [0.5, 0.6) is 5.75 Å². The van der Waals surface area contributed by atoms with Crippen LogP contribution in [0.2, 0.25) is 0 Å². The van der Waals surface area contributed by atoms with Gasteiger partial charge in [0.25, 0.3) is 0 Å². The largest absolute Gasteiger partial charge is 0.484 e. The number of nitrogens with one attached hydrogen (secondary N) is 1. The third kappa shape index (κ3) is 3.49. The number of anilines is 2. The molecule has 0 aliphatic carbocycles. The summed E-state index contributed by atoms with van der Waals surface area (Å²) in [5.41, 5.74) is 2.94. The van der Waals surface area contributed by atoms with Gasteiger partial charge in [0.2, 0.25) is 5.95 Å². The molecule has 1 aliphatic heterocycles. The Kier molecular flexibility index (Phi) is 4.37. The number of thiophene rings is 1. The van der Waals surface area contributed by atoms with Crippen LogP contribution in [0.15, 0.2) is 41.4 Å². The molecule has 0 saturated carbocycles. The molecule has 0 amide bonds. The first-order valence-electron chi connectivity index (χ1n) is 7.94. The fourth-order valence-corrected chi connectivity index (χ4v) is 4.23. The summed E-state index contributed by atoms with van der Waals surface area (Å²) in [7, 11) is 4.15. The van der Waals surface area contributed by atoms with E-state index in [1.807, 2.05) is 24.3 Å². The Morgan fingerprint density at radius 2 is 2.20 bits per heavy atom. The van der Waals surface area contributed by atoms with Crippen molar-refractivity contribution < 1.29 is 4.74 Å². The maximum Gasteiger partial charge on any atom is 0.227 e. The Labute approximate surface area is 156 Å². The Balaban J connectivity index is 1.67. The summed E-state index contributed by atoms with van der Waals surface area (Å²) < 4.78 is 5.83. The van der Waals surface area contributed by atoms with E-state index in [1.54, 1.807) is 17.5 Å². The van der Waals surface area contributed by atoms with Gasteiger partial charge in [-0.05, 0) is 44.9 Å². The van der Waals surface area contributed by atoms with Gasteiger partial charge in [0.1, 0.15) is 12.3 Å². The second-order valence-electron chi connectivity index (χ2n) is 6.19. The summed E-state index contributed by atoms with van der Waals surface area (Å²) in [6.07, 6.45) is 1.74. The molecule has 0 radical (unpaired) electrons. The monoisotopic (exact) mass is 371 g/mol. The molecule has 1 aliphatic rings. The number of ether oxygens (including phenoxy) is 1. The maximum atomic E-state index is 5.83. The highest BCUT2D eigenvalue weighted by molar-refractivity contribution is 7.58. The molecular formula is C18H19N4OS2+. The van der Waals surface area contributed by atoms with E-state index in [9.17, 15) is 0 Å². The molecule has 0 atom stereocenters. The highest BCUT2D eigenvalue weighted by atomic mass is 32.1. The lowest BCUT2D eigenvalue weighted by Crippen LogP contribution is -2.09. The molecule has 128 valence electrons. The average molecular weight is 372 g/mol. The summed E-state index contributed by atoms with van der Waals surface area (Å²) in [4.78, 5) is 14.8. The molecule has 0 unspecified atom stereocenters. The van der Waals surface area contributed by atoms with Crippen molar-refractivity contribution in [1.29, 1.82) is 0 Å². The van der Waals surface area contributed by atoms with Crippen molar-refractivity contribution in [3.05, 3.63) is 46.3 Å². The molecule has 7 heteroatoms. The molecule has 1 N–H and O–H groups in total. The molecule has 2 aromatic heterocycles. The summed E-state index contributed by atoms with van der Waals surface area (Å²) in [5.74, 6) is 1.30. The van der Waals surface area contributed by atoms with E-state index in [0.717, 1.165) is 34.1 Å². The summed E-state index contributed by atoms with van der Waals surface area (Å²) in [6, 6.07) is 10.1. The number of benzene rings is 1. The molecule has 5 nitrogen and oxygen atoms in total. The van der Waals surface area contributed by atoms with E-state index >= 15 is 0 Å². The smallest absolute Gasteiger partial charge is 0.227 e. The predicted octanol–water partition coefficient (Wildman–Crippen LogP) is 3.27. The minimum atomic E-state index is 0.563. The van der Waals surface area contributed by atoms with Crippen LogP contribution in [0.25, 0.3) is 11.3 Å². The van der Waals surface area contributed by atoms with E-state index in [0.29, 0.717) is 12.6 Å². The number of nitrogens with zero attached hydrogens (tertiary/aromatic N) is 3. The highest BCUT2D eigenvalue weighted by Gasteiger charge is 2.23. The third-order valence-electron chi connectivity index (χ3n) is 3.82. The van der Waals surface area contributed by atoms with Gasteiger partial charge in [0.05, 0.1) is 11.1 Å². The molecule has 4 rings (SSSR count). The van der Waals surface area contributed by atoms with Crippen LogP contribution in [0, 0.1) is 0 Å². The van der Waals surface area contributed by atoms with Crippen molar-refractivity contribution in [3.63, 3.8) is 0 Å². The molecule has 0 spiro atoms. The van der Waals surface area contributed by atoms with Gasteiger partial charge in [0.15, 0.2) is 10.6 Å². The molecule has 25 heavy (non-hydrogen) atoms. The standard InChI is InChI=1S/C18H18N4OS2/c1-22(2)9-13-7-14-16(25-13)10-23-15-8-19-18(21-17(14)15)20-11-4-3-5-12(24)6-11/h3-8,24H,9-10H2,1-2H3,(H,19,20,21)/p+1. The topological polar surface area (TPSA) is 50.3 Å². The van der Waals surface area contributed by atoms with Gasteiger partial charge in [-0.25, -0.2) is 9.97 Å². The zero-order valence-corrected chi connectivity index (χ0v) is 15.9. The average Bonchev–Trinajstić information content (AvgIpc) is 2.97. The maximum absolute atomic E-state index is 5.83. The third-order valence-corrected chi connectivity index (χ3v) is 5.22. The van der Waals surface area contributed by atoms with Crippen molar-refractivity contribution in [2.45, 2.75) is 18.0 Å². The van der Waals surface area contributed by atoms with Gasteiger partial charge in [-0.1, -0.05) is 6.07 Å². The first-order chi connectivity index (χ1) is 12.1. The minimum absolute atomic E-state index is 0.563. The van der Waals surface area contributed by atoms with Crippen molar-refractivity contribution in [2.24, 2.45) is 0 Å². The van der Waals surface area contributed by atoms with Crippen LogP contribution in [0.4, 0.5) is 11.6 Å². The molecule has 1 aromatic carbocycles. The van der Waals surface area contributed by atoms with Crippen LogP contribution >= 0.6 is 11.3 Å². The summed E-state index contributed by atoms with van der Waals surface area (Å²) in [5, 5.41) is 3.25. The lowest BCUT2D eigenvalue weighted by atomic mass is 10.1. The zero-order valence-electron chi connectivity index (χ0n) is 14.0. The number of hydrogen-bond donors (Lipinski definition) is 1. The van der Waals surface area contributed by atoms with Crippen LogP contribution in [-0.2, 0) is 25.8 Å². The molecule has 0 fully saturated rings. The molecule has 3 heterocycles. The van der Waals surface area contributed by atoms with Crippen molar-refractivity contribution in [2.75, 3.05) is 19.4 Å². The van der Waals surface area contributed by atoms with Crippen molar-refractivity contribution in [1.82, 2.24) is 14.9 Å². The Morgan fingerprint density at radius 3 is 3.00 bits per heavy atom. The second-order valence-corrected chi connectivity index (χ2v) is 7.99. The van der Waals surface area contributed by atoms with Gasteiger partial charge < -0.3 is 15.0 Å². The molecule has 3 aromatic rings. The van der Waals surface area contributed by atoms with Crippen LogP contribution in [0.1, 0.15) is 9.75 Å². The minimum Gasteiger partial charge on any atom is -0.484 e. The second kappa shape index (κ2) is 6.67. The number of aromatic nitrogens is 2. The number of fused-ring (bicyclic) bond motifs is 3. The van der Waals surface area contributed by atoms with Crippen LogP contribution < -0.4 is 10.1 Å². The number of rotatable bonds is 4. The van der Waals surface area contributed by atoms with Gasteiger partial charge in [0, 0.05) is 28.7 Å². The van der Waals surface area contributed by atoms with E-state index in [1.165, 1.54) is 9.75 Å². The van der Waals surface area contributed by atoms with Gasteiger partial charge in [-0.2, -0.15) is 0 Å². The quantitative estimate of drug-likeness (QED) is 0.714. The van der Waals surface area contributed by atoms with Gasteiger partial charge >= 0.3 is 0 Å². The van der Waals surface area contributed by atoms with Crippen LogP contribution in [-0.4, -0.2) is 29.0 Å². The zero-order chi connectivity index (χ0) is 17.4. The highest BCUT2D eigenvalue weighted by Crippen LogP contribution is 2.40. The van der Waals surface area contributed by atoms with E-state index in [4.69, 9.17) is 9.72 Å². The van der Waals surface area contributed by atoms with Gasteiger partial charge in [-0.3, -0.25) is 0 Å². The SMILES string of the molecule is CN(C)Cc1cc2c(s1)COc1cnc(Nc3cccc([SH2+])c3)nc1-2. The molecule has 0 bridgehead atoms. The van der Waals surface area contributed by atoms with E-state index in [-0.39, 0.29) is 0 Å². The van der Waals surface area contributed by atoms with Crippen molar-refractivity contribution in [3.8, 4) is 17.0 Å². The predicted molar refractivity (Wildman–Crippen MR) is 105 cm³/mol. The Morgan fingerprint density at radius 1 is 1.32 bits per heavy atom. The number of hydrogen-bond acceptors (Lipinski definition) is 6. The summed E-state index contributed by atoms with van der Waals surface area (Å²) in [6.45, 7) is 1.50. The first kappa shape index (κ1) is 16.4. The van der Waals surface area contributed by atoms with Crippen molar-refractivity contribution >= 4 is 35.6 Å².